The molecule has 0 spiro atoms. The van der Waals surface area contributed by atoms with Gasteiger partial charge >= 0.3 is 0 Å². The molecule has 0 aliphatic carbocycles. The molecule has 1 N–H and O–H groups in total. The van der Waals surface area contributed by atoms with Crippen molar-refractivity contribution in [2.24, 2.45) is 5.92 Å². The Morgan fingerprint density at radius 1 is 1.24 bits per heavy atom. The molecule has 0 amide bonds. The van der Waals surface area contributed by atoms with E-state index >= 15 is 0 Å². The average molecular weight is 353 g/mol. The van der Waals surface area contributed by atoms with Crippen LogP contribution in [0.3, 0.4) is 0 Å². The van der Waals surface area contributed by atoms with Gasteiger partial charge in [-0.1, -0.05) is 25.2 Å². The zero-order chi connectivity index (χ0) is 17.2. The molecule has 128 valence electrons. The summed E-state index contributed by atoms with van der Waals surface area (Å²) < 4.78 is 3.74. The van der Waals surface area contributed by atoms with Crippen molar-refractivity contribution >= 4 is 27.2 Å². The first-order valence-electron chi connectivity index (χ1n) is 8.24. The number of imidazole rings is 1. The number of nitrogens with one attached hydrogen (secondary N) is 1. The minimum Gasteiger partial charge on any atom is -0.313 e. The molecule has 0 aliphatic rings. The SMILES string of the molecule is CC(C)CCn1ccc(Nc2nn3cc(-c4cccnc4)nc3s2)n1. The average Bonchev–Trinajstić information content (AvgIpc) is 3.29. The van der Waals surface area contributed by atoms with Gasteiger partial charge in [-0.15, -0.1) is 5.10 Å². The van der Waals surface area contributed by atoms with Crippen LogP contribution in [0.15, 0.2) is 43.0 Å². The van der Waals surface area contributed by atoms with Gasteiger partial charge in [-0.05, 0) is 24.5 Å². The fraction of sp³-hybridized carbons (Fsp3) is 0.294. The van der Waals surface area contributed by atoms with E-state index in [0.717, 1.165) is 40.1 Å². The number of rotatable bonds is 6. The zero-order valence-electron chi connectivity index (χ0n) is 14.1. The molecule has 0 atom stereocenters. The van der Waals surface area contributed by atoms with E-state index in [4.69, 9.17) is 0 Å². The Balaban J connectivity index is 1.48. The molecule has 4 rings (SSSR count). The Kier molecular flexibility index (Phi) is 4.19. The molecule has 25 heavy (non-hydrogen) atoms. The van der Waals surface area contributed by atoms with Gasteiger partial charge in [0.1, 0.15) is 0 Å². The van der Waals surface area contributed by atoms with Crippen LogP contribution in [0.2, 0.25) is 0 Å². The van der Waals surface area contributed by atoms with Crippen LogP contribution in [0.1, 0.15) is 20.3 Å². The molecule has 4 aromatic heterocycles. The fourth-order valence-electron chi connectivity index (χ4n) is 2.46. The normalized spacial score (nSPS) is 11.5. The molecule has 0 bridgehead atoms. The molecule has 7 nitrogen and oxygen atoms in total. The first kappa shape index (κ1) is 15.8. The van der Waals surface area contributed by atoms with E-state index in [1.54, 1.807) is 16.9 Å². The number of aryl methyl sites for hydroxylation is 1. The van der Waals surface area contributed by atoms with E-state index < -0.39 is 0 Å². The number of nitrogens with zero attached hydrogens (tertiary/aromatic N) is 6. The third kappa shape index (κ3) is 3.53. The standard InChI is InChI=1S/C17H19N7S/c1-12(2)5-8-23-9-6-15(21-23)20-16-22-24-11-14(19-17(24)25-16)13-4-3-7-18-10-13/h3-4,6-7,9-12H,5,8H2,1-2H3,(H,20,21,22). The third-order valence-corrected chi connectivity index (χ3v) is 4.65. The van der Waals surface area contributed by atoms with Crippen LogP contribution >= 0.6 is 11.3 Å². The van der Waals surface area contributed by atoms with Crippen LogP contribution < -0.4 is 5.32 Å². The molecular formula is C17H19N7S. The maximum absolute atomic E-state index is 4.61. The van der Waals surface area contributed by atoms with Crippen molar-refractivity contribution in [3.63, 3.8) is 0 Å². The van der Waals surface area contributed by atoms with Crippen molar-refractivity contribution in [3.8, 4) is 11.3 Å². The Hall–Kier alpha value is -2.74. The van der Waals surface area contributed by atoms with Gasteiger partial charge in [0, 0.05) is 36.8 Å². The maximum Gasteiger partial charge on any atom is 0.214 e. The highest BCUT2D eigenvalue weighted by atomic mass is 32.1. The first-order valence-corrected chi connectivity index (χ1v) is 9.06. The number of anilines is 2. The second-order valence-electron chi connectivity index (χ2n) is 6.27. The fourth-order valence-corrected chi connectivity index (χ4v) is 3.25. The second-order valence-corrected chi connectivity index (χ2v) is 7.23. The molecule has 0 aliphatic heterocycles. The summed E-state index contributed by atoms with van der Waals surface area (Å²) >= 11 is 1.50. The lowest BCUT2D eigenvalue weighted by molar-refractivity contribution is 0.488. The molecule has 8 heteroatoms. The van der Waals surface area contributed by atoms with Gasteiger partial charge in [0.25, 0.3) is 0 Å². The molecule has 0 aromatic carbocycles. The van der Waals surface area contributed by atoms with Crippen molar-refractivity contribution in [1.29, 1.82) is 0 Å². The molecule has 4 aromatic rings. The molecule has 0 radical (unpaired) electrons. The van der Waals surface area contributed by atoms with Crippen LogP contribution in [0.4, 0.5) is 10.9 Å². The number of aromatic nitrogens is 6. The van der Waals surface area contributed by atoms with Gasteiger partial charge in [0.2, 0.25) is 10.1 Å². The van der Waals surface area contributed by atoms with Crippen molar-refractivity contribution in [2.45, 2.75) is 26.8 Å². The molecule has 0 fully saturated rings. The molecule has 0 saturated heterocycles. The van der Waals surface area contributed by atoms with Crippen LogP contribution in [-0.4, -0.2) is 29.4 Å². The summed E-state index contributed by atoms with van der Waals surface area (Å²) in [5.74, 6) is 1.47. The number of fused-ring (bicyclic) bond motifs is 1. The molecular weight excluding hydrogens is 334 g/mol. The van der Waals surface area contributed by atoms with Crippen LogP contribution in [0.5, 0.6) is 0 Å². The number of hydrogen-bond donors (Lipinski definition) is 1. The lowest BCUT2D eigenvalue weighted by Gasteiger charge is -2.04. The molecule has 0 saturated carbocycles. The maximum atomic E-state index is 4.61. The molecule has 4 heterocycles. The van der Waals surface area contributed by atoms with Gasteiger partial charge in [-0.3, -0.25) is 9.67 Å². The smallest absolute Gasteiger partial charge is 0.214 e. The predicted molar refractivity (Wildman–Crippen MR) is 99.1 cm³/mol. The summed E-state index contributed by atoms with van der Waals surface area (Å²) in [6.45, 7) is 5.36. The van der Waals surface area contributed by atoms with Gasteiger partial charge in [-0.2, -0.15) is 5.10 Å². The minimum absolute atomic E-state index is 0.668. The quantitative estimate of drug-likeness (QED) is 0.570. The third-order valence-electron chi connectivity index (χ3n) is 3.81. The summed E-state index contributed by atoms with van der Waals surface area (Å²) in [5.41, 5.74) is 1.86. The van der Waals surface area contributed by atoms with E-state index in [9.17, 15) is 0 Å². The Bertz CT molecular complexity index is 936. The highest BCUT2D eigenvalue weighted by Gasteiger charge is 2.11. The summed E-state index contributed by atoms with van der Waals surface area (Å²) in [7, 11) is 0. The Morgan fingerprint density at radius 2 is 2.16 bits per heavy atom. The van der Waals surface area contributed by atoms with E-state index in [0.29, 0.717) is 5.92 Å². The largest absolute Gasteiger partial charge is 0.313 e. The first-order chi connectivity index (χ1) is 12.2. The van der Waals surface area contributed by atoms with Gasteiger partial charge in [-0.25, -0.2) is 9.50 Å². The Morgan fingerprint density at radius 3 is 2.92 bits per heavy atom. The zero-order valence-corrected chi connectivity index (χ0v) is 14.9. The van der Waals surface area contributed by atoms with E-state index in [-0.39, 0.29) is 0 Å². The summed E-state index contributed by atoms with van der Waals surface area (Å²) in [6, 6.07) is 5.85. The summed E-state index contributed by atoms with van der Waals surface area (Å²) in [5, 5.41) is 13.1. The van der Waals surface area contributed by atoms with Crippen molar-refractivity contribution in [2.75, 3.05) is 5.32 Å². The number of pyridine rings is 1. The van der Waals surface area contributed by atoms with E-state index in [1.165, 1.54) is 11.3 Å². The van der Waals surface area contributed by atoms with Crippen LogP contribution in [-0.2, 0) is 6.54 Å². The van der Waals surface area contributed by atoms with Crippen molar-refractivity contribution < 1.29 is 0 Å². The van der Waals surface area contributed by atoms with Crippen LogP contribution in [0, 0.1) is 5.92 Å². The Labute approximate surface area is 149 Å². The van der Waals surface area contributed by atoms with Gasteiger partial charge in [0.05, 0.1) is 11.9 Å². The monoisotopic (exact) mass is 353 g/mol. The second kappa shape index (κ2) is 6.64. The lowest BCUT2D eigenvalue weighted by atomic mass is 10.1. The highest BCUT2D eigenvalue weighted by molar-refractivity contribution is 7.20. The highest BCUT2D eigenvalue weighted by Crippen LogP contribution is 2.25. The van der Waals surface area contributed by atoms with Crippen LogP contribution in [0.25, 0.3) is 16.2 Å². The summed E-state index contributed by atoms with van der Waals surface area (Å²) in [4.78, 5) is 9.57. The summed E-state index contributed by atoms with van der Waals surface area (Å²) in [6.07, 6.45) is 8.57. The van der Waals surface area contributed by atoms with E-state index in [2.05, 4.69) is 39.3 Å². The van der Waals surface area contributed by atoms with Crippen molar-refractivity contribution in [3.05, 3.63) is 43.0 Å². The predicted octanol–water partition coefficient (Wildman–Crippen LogP) is 3.84. The number of hydrogen-bond acceptors (Lipinski definition) is 6. The van der Waals surface area contributed by atoms with Gasteiger partial charge in [0.15, 0.2) is 5.82 Å². The lowest BCUT2D eigenvalue weighted by Crippen LogP contribution is -2.02. The van der Waals surface area contributed by atoms with Gasteiger partial charge < -0.3 is 5.32 Å². The van der Waals surface area contributed by atoms with Crippen molar-refractivity contribution in [1.82, 2.24) is 29.4 Å². The van der Waals surface area contributed by atoms with E-state index in [1.807, 2.05) is 35.3 Å². The topological polar surface area (TPSA) is 72.9 Å². The minimum atomic E-state index is 0.668. The molecule has 0 unspecified atom stereocenters.